The minimum absolute atomic E-state index is 0.248. The largest absolute Gasteiger partial charge is 0.497 e. The van der Waals surface area contributed by atoms with Gasteiger partial charge >= 0.3 is 5.97 Å². The van der Waals surface area contributed by atoms with E-state index in [1.165, 1.54) is 0 Å². The van der Waals surface area contributed by atoms with E-state index in [1.54, 1.807) is 25.3 Å². The summed E-state index contributed by atoms with van der Waals surface area (Å²) in [6.07, 6.45) is 0.820. The van der Waals surface area contributed by atoms with Gasteiger partial charge in [0.15, 0.2) is 11.5 Å². The van der Waals surface area contributed by atoms with Gasteiger partial charge in [-0.1, -0.05) is 12.1 Å². The van der Waals surface area contributed by atoms with Crippen molar-refractivity contribution >= 4 is 5.97 Å². The van der Waals surface area contributed by atoms with Gasteiger partial charge in [-0.05, 0) is 43.2 Å². The van der Waals surface area contributed by atoms with E-state index in [0.29, 0.717) is 30.1 Å². The number of rotatable bonds is 7. The van der Waals surface area contributed by atoms with Crippen molar-refractivity contribution in [3.63, 3.8) is 0 Å². The molecule has 0 bridgehead atoms. The Kier molecular flexibility index (Phi) is 6.21. The predicted octanol–water partition coefficient (Wildman–Crippen LogP) is 3.50. The third-order valence-corrected chi connectivity index (χ3v) is 3.37. The lowest BCUT2D eigenvalue weighted by molar-refractivity contribution is -0.134. The van der Waals surface area contributed by atoms with E-state index >= 15 is 0 Å². The number of nitrogens with zero attached hydrogens (tertiary/aromatic N) is 1. The first-order valence-corrected chi connectivity index (χ1v) is 7.66. The van der Waals surface area contributed by atoms with Crippen molar-refractivity contribution in [2.24, 2.45) is 0 Å². The topological polar surface area (TPSA) is 68.5 Å². The van der Waals surface area contributed by atoms with Crippen LogP contribution in [0.3, 0.4) is 0 Å². The summed E-state index contributed by atoms with van der Waals surface area (Å²) in [7, 11) is 1.61. The van der Waals surface area contributed by atoms with Gasteiger partial charge in [-0.3, -0.25) is 4.79 Å². The summed E-state index contributed by atoms with van der Waals surface area (Å²) in [4.78, 5) is 12.1. The second-order valence-corrected chi connectivity index (χ2v) is 5.03. The Labute approximate surface area is 141 Å². The fourth-order valence-corrected chi connectivity index (χ4v) is 2.14. The maximum Gasteiger partial charge on any atom is 0.311 e. The Hall–Kier alpha value is -3.00. The van der Waals surface area contributed by atoms with E-state index in [4.69, 9.17) is 19.5 Å². The van der Waals surface area contributed by atoms with E-state index in [1.807, 2.05) is 37.3 Å². The van der Waals surface area contributed by atoms with Gasteiger partial charge in [0.05, 0.1) is 25.3 Å². The van der Waals surface area contributed by atoms with Crippen molar-refractivity contribution in [2.45, 2.75) is 19.8 Å². The summed E-state index contributed by atoms with van der Waals surface area (Å²) >= 11 is 0. The number of benzene rings is 2. The van der Waals surface area contributed by atoms with Crippen LogP contribution < -0.4 is 14.2 Å². The monoisotopic (exact) mass is 325 g/mol. The molecule has 0 amide bonds. The molecule has 0 saturated carbocycles. The molecular weight excluding hydrogens is 306 g/mol. The van der Waals surface area contributed by atoms with Crippen molar-refractivity contribution < 1.29 is 19.0 Å². The van der Waals surface area contributed by atoms with Gasteiger partial charge < -0.3 is 14.2 Å². The third kappa shape index (κ3) is 4.75. The summed E-state index contributed by atoms with van der Waals surface area (Å²) in [5.74, 6) is 1.15. The molecule has 0 saturated heterocycles. The summed E-state index contributed by atoms with van der Waals surface area (Å²) in [6.45, 7) is 2.25. The zero-order valence-corrected chi connectivity index (χ0v) is 13.7. The fraction of sp³-hybridized carbons (Fsp3) is 0.263. The van der Waals surface area contributed by atoms with Crippen molar-refractivity contribution in [2.75, 3.05) is 13.7 Å². The van der Waals surface area contributed by atoms with Crippen LogP contribution in [0.5, 0.6) is 17.2 Å². The molecule has 0 fully saturated rings. The molecule has 0 unspecified atom stereocenters. The van der Waals surface area contributed by atoms with Crippen LogP contribution in [0.25, 0.3) is 0 Å². The van der Waals surface area contributed by atoms with Crippen LogP contribution in [-0.4, -0.2) is 19.7 Å². The minimum Gasteiger partial charge on any atom is -0.497 e. The lowest BCUT2D eigenvalue weighted by atomic mass is 10.1. The van der Waals surface area contributed by atoms with Gasteiger partial charge in [0.1, 0.15) is 5.75 Å². The highest BCUT2D eigenvalue weighted by molar-refractivity contribution is 5.73. The molecule has 0 atom stereocenters. The van der Waals surface area contributed by atoms with Gasteiger partial charge in [0.2, 0.25) is 0 Å². The van der Waals surface area contributed by atoms with Crippen molar-refractivity contribution in [1.82, 2.24) is 0 Å². The van der Waals surface area contributed by atoms with Crippen LogP contribution in [0.2, 0.25) is 0 Å². The Morgan fingerprint density at radius 2 is 1.88 bits per heavy atom. The van der Waals surface area contributed by atoms with Gasteiger partial charge in [-0.25, -0.2) is 0 Å². The van der Waals surface area contributed by atoms with E-state index in [2.05, 4.69) is 0 Å². The smallest absolute Gasteiger partial charge is 0.311 e. The summed E-state index contributed by atoms with van der Waals surface area (Å²) < 4.78 is 15.9. The summed E-state index contributed by atoms with van der Waals surface area (Å²) in [6, 6.07) is 14.3. The second-order valence-electron chi connectivity index (χ2n) is 5.03. The zero-order valence-electron chi connectivity index (χ0n) is 13.7. The number of hydrogen-bond acceptors (Lipinski definition) is 5. The number of carbonyl (C=O) groups excluding carboxylic acids is 1. The van der Waals surface area contributed by atoms with Crippen LogP contribution in [0.1, 0.15) is 24.5 Å². The molecule has 24 heavy (non-hydrogen) atoms. The van der Waals surface area contributed by atoms with Crippen LogP contribution >= 0.6 is 0 Å². The molecule has 0 aliphatic heterocycles. The second kappa shape index (κ2) is 8.59. The molecule has 5 heteroatoms. The Bertz CT molecular complexity index is 732. The molecule has 5 nitrogen and oxygen atoms in total. The number of methoxy groups -OCH3 is 1. The standard InChI is InChI=1S/C19H19NO4/c1-3-23-18-12-15(13-20)6-10-17(18)24-19(21)11-7-14-4-8-16(22-2)9-5-14/h4-6,8-10,12H,3,7,11H2,1-2H3. The minimum atomic E-state index is -0.350. The number of aryl methyl sites for hydroxylation is 1. The molecule has 0 spiro atoms. The first kappa shape index (κ1) is 17.4. The van der Waals surface area contributed by atoms with Gasteiger partial charge in [-0.2, -0.15) is 5.26 Å². The SMILES string of the molecule is CCOc1cc(C#N)ccc1OC(=O)CCc1ccc(OC)cc1. The maximum atomic E-state index is 12.1. The highest BCUT2D eigenvalue weighted by atomic mass is 16.6. The number of carbonyl (C=O) groups is 1. The molecule has 2 aromatic carbocycles. The fourth-order valence-electron chi connectivity index (χ4n) is 2.14. The first-order valence-electron chi connectivity index (χ1n) is 7.66. The summed E-state index contributed by atoms with van der Waals surface area (Å²) in [5, 5.41) is 8.93. The molecule has 0 N–H and O–H groups in total. The normalized spacial score (nSPS) is 9.88. The Balaban J connectivity index is 1.97. The molecule has 0 aromatic heterocycles. The summed E-state index contributed by atoms with van der Waals surface area (Å²) in [5.41, 5.74) is 1.48. The number of nitriles is 1. The molecular formula is C19H19NO4. The molecule has 0 aliphatic carbocycles. The first-order chi connectivity index (χ1) is 11.7. The van der Waals surface area contributed by atoms with Crippen molar-refractivity contribution in [3.8, 4) is 23.3 Å². The average Bonchev–Trinajstić information content (AvgIpc) is 2.62. The Morgan fingerprint density at radius 1 is 1.12 bits per heavy atom. The van der Waals surface area contributed by atoms with E-state index in [0.717, 1.165) is 11.3 Å². The van der Waals surface area contributed by atoms with E-state index in [-0.39, 0.29) is 12.4 Å². The van der Waals surface area contributed by atoms with E-state index in [9.17, 15) is 4.79 Å². The molecule has 0 radical (unpaired) electrons. The van der Waals surface area contributed by atoms with Crippen molar-refractivity contribution in [1.29, 1.82) is 5.26 Å². The Morgan fingerprint density at radius 3 is 2.50 bits per heavy atom. The predicted molar refractivity (Wildman–Crippen MR) is 89.3 cm³/mol. The zero-order chi connectivity index (χ0) is 17.4. The average molecular weight is 325 g/mol. The molecule has 0 aliphatic rings. The lowest BCUT2D eigenvalue weighted by Gasteiger charge is -2.11. The van der Waals surface area contributed by atoms with Crippen molar-refractivity contribution in [3.05, 3.63) is 53.6 Å². The van der Waals surface area contributed by atoms with Gasteiger partial charge in [0, 0.05) is 12.5 Å². The van der Waals surface area contributed by atoms with Gasteiger partial charge in [-0.15, -0.1) is 0 Å². The number of hydrogen-bond donors (Lipinski definition) is 0. The van der Waals surface area contributed by atoms with Crippen LogP contribution in [0, 0.1) is 11.3 Å². The maximum absolute atomic E-state index is 12.1. The number of ether oxygens (including phenoxy) is 3. The highest BCUT2D eigenvalue weighted by Gasteiger charge is 2.11. The van der Waals surface area contributed by atoms with Crippen LogP contribution in [0.4, 0.5) is 0 Å². The molecule has 2 aromatic rings. The molecule has 2 rings (SSSR count). The van der Waals surface area contributed by atoms with Gasteiger partial charge in [0.25, 0.3) is 0 Å². The molecule has 0 heterocycles. The van der Waals surface area contributed by atoms with E-state index < -0.39 is 0 Å². The highest BCUT2D eigenvalue weighted by Crippen LogP contribution is 2.28. The van der Waals surface area contributed by atoms with Crippen LogP contribution in [-0.2, 0) is 11.2 Å². The van der Waals surface area contributed by atoms with Crippen LogP contribution in [0.15, 0.2) is 42.5 Å². The number of esters is 1. The lowest BCUT2D eigenvalue weighted by Crippen LogP contribution is -2.10. The third-order valence-electron chi connectivity index (χ3n) is 3.37. The molecule has 124 valence electrons. The quantitative estimate of drug-likeness (QED) is 0.575.